The number of rotatable bonds is 6. The molecule has 0 saturated heterocycles. The third-order valence-electron chi connectivity index (χ3n) is 5.00. The van der Waals surface area contributed by atoms with Crippen LogP contribution in [0, 0.1) is 11.5 Å². The van der Waals surface area contributed by atoms with Gasteiger partial charge in [-0.05, 0) is 23.6 Å². The minimum absolute atomic E-state index is 0.495. The highest BCUT2D eigenvalue weighted by atomic mass is 28.3. The molecule has 0 bridgehead atoms. The maximum atomic E-state index is 5.71. The van der Waals surface area contributed by atoms with Crippen LogP contribution < -0.4 is 4.74 Å². The number of ether oxygens (including phenoxy) is 2. The molecule has 0 atom stereocenters. The molecule has 0 spiro atoms. The van der Waals surface area contributed by atoms with E-state index in [-0.39, 0.29) is 0 Å². The highest BCUT2D eigenvalue weighted by Crippen LogP contribution is 2.33. The fourth-order valence-electron chi connectivity index (χ4n) is 3.37. The number of hydrogen-bond donors (Lipinski definition) is 0. The van der Waals surface area contributed by atoms with Gasteiger partial charge in [0.05, 0.1) is 19.3 Å². The summed E-state index contributed by atoms with van der Waals surface area (Å²) in [6.45, 7) is 12.4. The minimum atomic E-state index is -1.51. The molecule has 0 aliphatic carbocycles. The van der Waals surface area contributed by atoms with Gasteiger partial charge in [0.2, 0.25) is 0 Å². The molecule has 5 heteroatoms. The number of hydrogen-bond acceptors (Lipinski definition) is 3. The standard InChI is InChI=1S/C25H32N2O2Si/c1-18(2)19-8-10-21(11-9-19)25-26-23-20(14-17-30(5,6)7)12-13-22(29-4)24(23)27(25)15-16-28-3/h8-13,18H,15-16H2,1-7H3. The summed E-state index contributed by atoms with van der Waals surface area (Å²) in [4.78, 5) is 5.06. The van der Waals surface area contributed by atoms with Gasteiger partial charge < -0.3 is 14.0 Å². The summed E-state index contributed by atoms with van der Waals surface area (Å²) in [5.41, 5.74) is 8.68. The van der Waals surface area contributed by atoms with E-state index in [1.165, 1.54) is 5.56 Å². The lowest BCUT2D eigenvalue weighted by molar-refractivity contribution is 0.188. The van der Waals surface area contributed by atoms with Gasteiger partial charge >= 0.3 is 0 Å². The van der Waals surface area contributed by atoms with E-state index in [9.17, 15) is 0 Å². The average Bonchev–Trinajstić information content (AvgIpc) is 3.09. The first-order valence-corrected chi connectivity index (χ1v) is 13.9. The first kappa shape index (κ1) is 22.1. The number of nitrogens with zero attached hydrogens (tertiary/aromatic N) is 2. The maximum absolute atomic E-state index is 5.71. The number of benzene rings is 2. The van der Waals surface area contributed by atoms with E-state index in [0.29, 0.717) is 19.1 Å². The van der Waals surface area contributed by atoms with Crippen LogP contribution in [0.1, 0.15) is 30.9 Å². The molecule has 0 saturated carbocycles. The summed E-state index contributed by atoms with van der Waals surface area (Å²) in [5.74, 6) is 5.61. The van der Waals surface area contributed by atoms with Gasteiger partial charge in [-0.15, -0.1) is 5.54 Å². The van der Waals surface area contributed by atoms with Gasteiger partial charge in [0.15, 0.2) is 0 Å². The van der Waals surface area contributed by atoms with Crippen molar-refractivity contribution in [3.8, 4) is 28.6 Å². The molecule has 1 heterocycles. The maximum Gasteiger partial charge on any atom is 0.144 e. The zero-order valence-corrected chi connectivity index (χ0v) is 20.2. The molecule has 0 aliphatic rings. The Bertz CT molecular complexity index is 1080. The molecule has 0 aliphatic heterocycles. The lowest BCUT2D eigenvalue weighted by atomic mass is 10.0. The monoisotopic (exact) mass is 420 g/mol. The van der Waals surface area contributed by atoms with Crippen molar-refractivity contribution in [2.45, 2.75) is 46.0 Å². The van der Waals surface area contributed by atoms with Crippen molar-refractivity contribution in [3.05, 3.63) is 47.5 Å². The third-order valence-corrected chi connectivity index (χ3v) is 5.88. The number of methoxy groups -OCH3 is 2. The van der Waals surface area contributed by atoms with E-state index in [1.807, 2.05) is 12.1 Å². The zero-order valence-electron chi connectivity index (χ0n) is 19.2. The molecule has 2 aromatic carbocycles. The molecule has 30 heavy (non-hydrogen) atoms. The Balaban J connectivity index is 2.26. The van der Waals surface area contributed by atoms with Crippen LogP contribution in [-0.4, -0.2) is 38.5 Å². The lowest BCUT2D eigenvalue weighted by Gasteiger charge is -2.12. The molecule has 158 valence electrons. The quantitative estimate of drug-likeness (QED) is 0.378. The Hall–Kier alpha value is -2.55. The van der Waals surface area contributed by atoms with Gasteiger partial charge in [-0.25, -0.2) is 4.98 Å². The van der Waals surface area contributed by atoms with Crippen molar-refractivity contribution in [1.29, 1.82) is 0 Å². The summed E-state index contributed by atoms with van der Waals surface area (Å²) in [7, 11) is 1.92. The predicted octanol–water partition coefficient (Wildman–Crippen LogP) is 5.71. The van der Waals surface area contributed by atoms with Crippen molar-refractivity contribution >= 4 is 19.1 Å². The summed E-state index contributed by atoms with van der Waals surface area (Å²) >= 11 is 0. The second-order valence-electron chi connectivity index (χ2n) is 8.87. The summed E-state index contributed by atoms with van der Waals surface area (Å²) in [6.07, 6.45) is 0. The SMILES string of the molecule is COCCn1c(-c2ccc(C(C)C)cc2)nc2c(C#C[Si](C)(C)C)ccc(OC)c21. The van der Waals surface area contributed by atoms with Gasteiger partial charge in [-0.2, -0.15) is 0 Å². The van der Waals surface area contributed by atoms with Crippen LogP contribution in [0.15, 0.2) is 36.4 Å². The lowest BCUT2D eigenvalue weighted by Crippen LogP contribution is -2.16. The zero-order chi connectivity index (χ0) is 21.9. The van der Waals surface area contributed by atoms with Crippen molar-refractivity contribution in [3.63, 3.8) is 0 Å². The molecule has 4 nitrogen and oxygen atoms in total. The van der Waals surface area contributed by atoms with Crippen LogP contribution in [0.25, 0.3) is 22.4 Å². The summed E-state index contributed by atoms with van der Waals surface area (Å²) in [6, 6.07) is 12.7. The van der Waals surface area contributed by atoms with Crippen molar-refractivity contribution in [2.24, 2.45) is 0 Å². The van der Waals surface area contributed by atoms with Crippen LogP contribution in [-0.2, 0) is 11.3 Å². The van der Waals surface area contributed by atoms with E-state index in [1.54, 1.807) is 14.2 Å². The van der Waals surface area contributed by atoms with Crippen molar-refractivity contribution in [2.75, 3.05) is 20.8 Å². The van der Waals surface area contributed by atoms with E-state index < -0.39 is 8.07 Å². The normalized spacial score (nSPS) is 11.6. The first-order chi connectivity index (χ1) is 14.2. The Kier molecular flexibility index (Phi) is 6.70. The molecule has 0 N–H and O–H groups in total. The van der Waals surface area contributed by atoms with E-state index in [0.717, 1.165) is 33.7 Å². The van der Waals surface area contributed by atoms with Gasteiger partial charge in [-0.1, -0.05) is 63.7 Å². The topological polar surface area (TPSA) is 36.3 Å². The molecular weight excluding hydrogens is 388 g/mol. The Morgan fingerprint density at radius 3 is 2.30 bits per heavy atom. The van der Waals surface area contributed by atoms with Gasteiger partial charge in [0, 0.05) is 19.2 Å². The molecule has 0 unspecified atom stereocenters. The largest absolute Gasteiger partial charge is 0.494 e. The number of aromatic nitrogens is 2. The molecule has 0 amide bonds. The highest BCUT2D eigenvalue weighted by molar-refractivity contribution is 6.83. The van der Waals surface area contributed by atoms with E-state index in [2.05, 4.69) is 73.8 Å². The van der Waals surface area contributed by atoms with Gasteiger partial charge in [0.1, 0.15) is 30.7 Å². The molecule has 0 fully saturated rings. The van der Waals surface area contributed by atoms with E-state index >= 15 is 0 Å². The Labute approximate surface area is 181 Å². The first-order valence-electron chi connectivity index (χ1n) is 10.4. The molecule has 0 radical (unpaired) electrons. The van der Waals surface area contributed by atoms with Gasteiger partial charge in [-0.3, -0.25) is 0 Å². The second kappa shape index (κ2) is 9.07. The van der Waals surface area contributed by atoms with Crippen LogP contribution in [0.3, 0.4) is 0 Å². The van der Waals surface area contributed by atoms with Crippen LogP contribution in [0.4, 0.5) is 0 Å². The predicted molar refractivity (Wildman–Crippen MR) is 128 cm³/mol. The van der Waals surface area contributed by atoms with Crippen molar-refractivity contribution in [1.82, 2.24) is 9.55 Å². The van der Waals surface area contributed by atoms with Crippen molar-refractivity contribution < 1.29 is 9.47 Å². The minimum Gasteiger partial charge on any atom is -0.494 e. The van der Waals surface area contributed by atoms with E-state index in [4.69, 9.17) is 14.5 Å². The smallest absolute Gasteiger partial charge is 0.144 e. The Morgan fingerprint density at radius 2 is 1.73 bits per heavy atom. The molecule has 3 rings (SSSR count). The summed E-state index contributed by atoms with van der Waals surface area (Å²) < 4.78 is 13.3. The number of imidazole rings is 1. The Morgan fingerprint density at radius 1 is 1.03 bits per heavy atom. The van der Waals surface area contributed by atoms with Gasteiger partial charge in [0.25, 0.3) is 0 Å². The fourth-order valence-corrected chi connectivity index (χ4v) is 3.88. The second-order valence-corrected chi connectivity index (χ2v) is 13.6. The molecular formula is C25H32N2O2Si. The van der Waals surface area contributed by atoms with Crippen LogP contribution >= 0.6 is 0 Å². The molecule has 1 aromatic heterocycles. The van der Waals surface area contributed by atoms with Crippen LogP contribution in [0.2, 0.25) is 19.6 Å². The number of fused-ring (bicyclic) bond motifs is 1. The highest BCUT2D eigenvalue weighted by Gasteiger charge is 2.19. The fraction of sp³-hybridized carbons (Fsp3) is 0.400. The molecule has 3 aromatic rings. The summed E-state index contributed by atoms with van der Waals surface area (Å²) in [5, 5.41) is 0. The van der Waals surface area contributed by atoms with Crippen LogP contribution in [0.5, 0.6) is 5.75 Å². The third kappa shape index (κ3) is 4.77. The average molecular weight is 421 g/mol.